The number of anilines is 2. The maximum atomic E-state index is 13.1. The van der Waals surface area contributed by atoms with Crippen LogP contribution in [0.2, 0.25) is 0 Å². The van der Waals surface area contributed by atoms with E-state index < -0.39 is 11.7 Å². The third-order valence-corrected chi connectivity index (χ3v) is 2.75. The van der Waals surface area contributed by atoms with Crippen molar-refractivity contribution in [3.8, 4) is 0 Å². The number of nitrogens with one attached hydrogen (secondary N) is 2. The summed E-state index contributed by atoms with van der Waals surface area (Å²) in [6, 6.07) is 8.35. The van der Waals surface area contributed by atoms with Crippen molar-refractivity contribution >= 4 is 28.7 Å². The summed E-state index contributed by atoms with van der Waals surface area (Å²) < 4.78 is 13.1. The van der Waals surface area contributed by atoms with Gasteiger partial charge in [-0.2, -0.15) is 0 Å². The molecule has 0 atom stereocenters. The molecule has 0 saturated carbocycles. The minimum atomic E-state index is -0.631. The Morgan fingerprint density at radius 3 is 2.95 bits per heavy atom. The lowest BCUT2D eigenvalue weighted by atomic mass is 10.2. The van der Waals surface area contributed by atoms with Crippen molar-refractivity contribution in [3.05, 3.63) is 47.9 Å². The Labute approximate surface area is 112 Å². The number of para-hydroxylation sites is 2. The number of rotatable bonds is 2. The Hall–Kier alpha value is -2.96. The summed E-state index contributed by atoms with van der Waals surface area (Å²) >= 11 is 0. The molecular formula is C13H10FN5O. The molecule has 20 heavy (non-hydrogen) atoms. The van der Waals surface area contributed by atoms with E-state index >= 15 is 0 Å². The predicted molar refractivity (Wildman–Crippen MR) is 72.7 cm³/mol. The smallest absolute Gasteiger partial charge is 0.261 e. The van der Waals surface area contributed by atoms with E-state index in [2.05, 4.69) is 20.3 Å². The fourth-order valence-electron chi connectivity index (χ4n) is 1.82. The Morgan fingerprint density at radius 2 is 2.15 bits per heavy atom. The van der Waals surface area contributed by atoms with Crippen LogP contribution in [0.15, 0.2) is 36.5 Å². The summed E-state index contributed by atoms with van der Waals surface area (Å²) in [5, 5.41) is 2.52. The van der Waals surface area contributed by atoms with E-state index in [1.54, 1.807) is 6.07 Å². The van der Waals surface area contributed by atoms with Crippen LogP contribution in [0.5, 0.6) is 0 Å². The number of fused-ring (bicyclic) bond motifs is 1. The van der Waals surface area contributed by atoms with Crippen molar-refractivity contribution in [1.29, 1.82) is 0 Å². The van der Waals surface area contributed by atoms with Gasteiger partial charge in [0.1, 0.15) is 11.6 Å². The van der Waals surface area contributed by atoms with E-state index in [9.17, 15) is 9.18 Å². The molecule has 0 unspecified atom stereocenters. The summed E-state index contributed by atoms with van der Waals surface area (Å²) in [4.78, 5) is 22.7. The number of amides is 1. The molecule has 1 aromatic carbocycles. The van der Waals surface area contributed by atoms with Crippen LogP contribution >= 0.6 is 0 Å². The summed E-state index contributed by atoms with van der Waals surface area (Å²) in [7, 11) is 0. The number of nitrogen functional groups attached to an aromatic ring is 1. The number of nitrogens with zero attached hydrogens (tertiary/aromatic N) is 2. The lowest BCUT2D eigenvalue weighted by molar-refractivity contribution is 0.102. The van der Waals surface area contributed by atoms with Crippen molar-refractivity contribution in [2.75, 3.05) is 11.1 Å². The van der Waals surface area contributed by atoms with Gasteiger partial charge in [-0.25, -0.2) is 14.4 Å². The predicted octanol–water partition coefficient (Wildman–Crippen LogP) is 1.93. The summed E-state index contributed by atoms with van der Waals surface area (Å²) in [5.74, 6) is -0.984. The van der Waals surface area contributed by atoms with Crippen LogP contribution in [0.25, 0.3) is 11.0 Å². The van der Waals surface area contributed by atoms with Gasteiger partial charge in [-0.1, -0.05) is 12.1 Å². The Morgan fingerprint density at radius 1 is 1.35 bits per heavy atom. The SMILES string of the molecule is Nc1ncc(F)cc1C(=O)Nc1nc2ccccc2[nH]1. The number of hydrogen-bond acceptors (Lipinski definition) is 4. The van der Waals surface area contributed by atoms with Crippen molar-refractivity contribution in [1.82, 2.24) is 15.0 Å². The van der Waals surface area contributed by atoms with Crippen molar-refractivity contribution in [3.63, 3.8) is 0 Å². The number of carbonyl (C=O) groups is 1. The minimum absolute atomic E-state index is 0.0366. The normalized spacial score (nSPS) is 10.7. The van der Waals surface area contributed by atoms with Gasteiger partial charge in [0.05, 0.1) is 22.8 Å². The molecule has 3 rings (SSSR count). The van der Waals surface area contributed by atoms with Crippen LogP contribution < -0.4 is 11.1 Å². The summed E-state index contributed by atoms with van der Waals surface area (Å²) in [5.41, 5.74) is 7.01. The third kappa shape index (κ3) is 2.16. The largest absolute Gasteiger partial charge is 0.383 e. The molecule has 0 bridgehead atoms. The lowest BCUT2D eigenvalue weighted by Crippen LogP contribution is -2.16. The number of benzene rings is 1. The lowest BCUT2D eigenvalue weighted by Gasteiger charge is -2.04. The molecule has 0 spiro atoms. The zero-order valence-corrected chi connectivity index (χ0v) is 10.2. The van der Waals surface area contributed by atoms with Gasteiger partial charge in [-0.05, 0) is 18.2 Å². The average molecular weight is 271 g/mol. The van der Waals surface area contributed by atoms with E-state index in [1.807, 2.05) is 18.2 Å². The van der Waals surface area contributed by atoms with Crippen LogP contribution in [0, 0.1) is 5.82 Å². The van der Waals surface area contributed by atoms with E-state index in [-0.39, 0.29) is 17.3 Å². The topological polar surface area (TPSA) is 96.7 Å². The fraction of sp³-hybridized carbons (Fsp3) is 0. The number of hydrogen-bond donors (Lipinski definition) is 3. The molecule has 2 aromatic heterocycles. The van der Waals surface area contributed by atoms with Crippen LogP contribution in [0.1, 0.15) is 10.4 Å². The number of H-pyrrole nitrogens is 1. The summed E-state index contributed by atoms with van der Waals surface area (Å²) in [6.07, 6.45) is 0.952. The number of halogens is 1. The first kappa shape index (κ1) is 12.1. The molecule has 1 amide bonds. The second kappa shape index (κ2) is 4.61. The van der Waals surface area contributed by atoms with Gasteiger partial charge in [-0.3, -0.25) is 10.1 Å². The van der Waals surface area contributed by atoms with Gasteiger partial charge < -0.3 is 10.7 Å². The van der Waals surface area contributed by atoms with Crippen LogP contribution in [-0.4, -0.2) is 20.9 Å². The highest BCUT2D eigenvalue weighted by atomic mass is 19.1. The number of imidazole rings is 1. The Kier molecular flexibility index (Phi) is 2.79. The minimum Gasteiger partial charge on any atom is -0.383 e. The molecule has 0 fully saturated rings. The second-order valence-electron chi connectivity index (χ2n) is 4.14. The zero-order valence-electron chi connectivity index (χ0n) is 10.2. The van der Waals surface area contributed by atoms with Crippen molar-refractivity contribution < 1.29 is 9.18 Å². The molecular weight excluding hydrogens is 261 g/mol. The van der Waals surface area contributed by atoms with Gasteiger partial charge in [0.2, 0.25) is 5.95 Å². The third-order valence-electron chi connectivity index (χ3n) is 2.75. The number of pyridine rings is 1. The van der Waals surface area contributed by atoms with Gasteiger partial charge >= 0.3 is 0 Å². The maximum Gasteiger partial charge on any atom is 0.261 e. The van der Waals surface area contributed by atoms with Crippen LogP contribution in [-0.2, 0) is 0 Å². The number of aromatic nitrogens is 3. The highest BCUT2D eigenvalue weighted by Gasteiger charge is 2.14. The van der Waals surface area contributed by atoms with Gasteiger partial charge in [0, 0.05) is 0 Å². The van der Waals surface area contributed by atoms with Gasteiger partial charge in [-0.15, -0.1) is 0 Å². The van der Waals surface area contributed by atoms with E-state index in [0.717, 1.165) is 17.8 Å². The molecule has 0 aliphatic heterocycles. The molecule has 0 aliphatic carbocycles. The molecule has 0 aliphatic rings. The van der Waals surface area contributed by atoms with E-state index in [4.69, 9.17) is 5.73 Å². The summed E-state index contributed by atoms with van der Waals surface area (Å²) in [6.45, 7) is 0. The first-order chi connectivity index (χ1) is 9.63. The van der Waals surface area contributed by atoms with Crippen molar-refractivity contribution in [2.24, 2.45) is 0 Å². The maximum absolute atomic E-state index is 13.1. The standard InChI is InChI=1S/C13H10FN5O/c14-7-5-8(11(15)16-6-7)12(20)19-13-17-9-3-1-2-4-10(9)18-13/h1-6H,(H2,15,16)(H2,17,18,19,20). The van der Waals surface area contributed by atoms with E-state index in [0.29, 0.717) is 5.52 Å². The molecule has 100 valence electrons. The molecule has 0 saturated heterocycles. The Bertz CT molecular complexity index is 765. The van der Waals surface area contributed by atoms with E-state index in [1.165, 1.54) is 0 Å². The van der Waals surface area contributed by atoms with Crippen LogP contribution in [0.4, 0.5) is 16.2 Å². The molecule has 7 heteroatoms. The molecule has 6 nitrogen and oxygen atoms in total. The second-order valence-corrected chi connectivity index (χ2v) is 4.14. The number of carbonyl (C=O) groups excluding carboxylic acids is 1. The van der Waals surface area contributed by atoms with Gasteiger partial charge in [0.25, 0.3) is 5.91 Å². The average Bonchev–Trinajstić information content (AvgIpc) is 2.83. The molecule has 0 radical (unpaired) electrons. The molecule has 2 heterocycles. The Balaban J connectivity index is 1.90. The quantitative estimate of drug-likeness (QED) is 0.663. The van der Waals surface area contributed by atoms with Gasteiger partial charge in [0.15, 0.2) is 0 Å². The number of nitrogens with two attached hydrogens (primary N) is 1. The van der Waals surface area contributed by atoms with Crippen molar-refractivity contribution in [2.45, 2.75) is 0 Å². The molecule has 3 aromatic rings. The highest BCUT2D eigenvalue weighted by Crippen LogP contribution is 2.16. The zero-order chi connectivity index (χ0) is 14.1. The monoisotopic (exact) mass is 271 g/mol. The molecule has 4 N–H and O–H groups in total. The fourth-order valence-corrected chi connectivity index (χ4v) is 1.82. The number of aromatic amines is 1. The highest BCUT2D eigenvalue weighted by molar-refractivity contribution is 6.06. The first-order valence-electron chi connectivity index (χ1n) is 5.80. The van der Waals surface area contributed by atoms with Crippen LogP contribution in [0.3, 0.4) is 0 Å². The first-order valence-corrected chi connectivity index (χ1v) is 5.80.